The van der Waals surface area contributed by atoms with Gasteiger partial charge in [-0.05, 0) is 0 Å². The molecular formula is HPS10. The fraction of sp³-hybridized carbons (Fsp3) is 0. The van der Waals surface area contributed by atoms with E-state index in [1.54, 1.807) is 8.88 Å². The fourth-order valence-electron chi connectivity index (χ4n) is 0.744. The standard InChI is InChI=1S/HPS10/c2-7-8-9-10(3)11-1(4-11,5-11)6-11/h1H. The first-order valence-corrected chi connectivity index (χ1v) is 20.8. The van der Waals surface area contributed by atoms with Crippen LogP contribution in [0.1, 0.15) is 0 Å². The van der Waals surface area contributed by atoms with Crippen LogP contribution in [-0.4, -0.2) is 0 Å². The van der Waals surface area contributed by atoms with Gasteiger partial charge in [-0.25, -0.2) is 0 Å². The van der Waals surface area contributed by atoms with E-state index in [9.17, 15) is 0 Å². The minimum atomic E-state index is -0.847. The summed E-state index contributed by atoms with van der Waals surface area (Å²) in [6, 6.07) is 0. The van der Waals surface area contributed by atoms with Crippen LogP contribution in [0.15, 0.2) is 0 Å². The quantitative estimate of drug-likeness (QED) is 0.372. The Morgan fingerprint density at radius 2 is 1.91 bits per heavy atom. The molecule has 11 heavy (non-hydrogen) atoms. The van der Waals surface area contributed by atoms with Crippen molar-refractivity contribution in [3.8, 4) is 0 Å². The molecule has 0 nitrogen and oxygen atoms in total. The van der Waals surface area contributed by atoms with Crippen molar-refractivity contribution >= 4 is 95.3 Å². The van der Waals surface area contributed by atoms with Gasteiger partial charge in [0.25, 0.3) is 0 Å². The van der Waals surface area contributed by atoms with Gasteiger partial charge in [-0.1, -0.05) is 0 Å². The van der Waals surface area contributed by atoms with Gasteiger partial charge in [0.1, 0.15) is 0 Å². The summed E-state index contributed by atoms with van der Waals surface area (Å²) in [6.07, 6.45) is 0. The second kappa shape index (κ2) is 2.45. The zero-order valence-electron chi connectivity index (χ0n) is 4.58. The van der Waals surface area contributed by atoms with Gasteiger partial charge in [0.2, 0.25) is 0 Å². The van der Waals surface area contributed by atoms with Crippen molar-refractivity contribution in [2.45, 2.75) is 0 Å². The number of hydrogen-bond donors (Lipinski definition) is 0. The molecule has 3 heterocycles. The average molecular weight is 353 g/mol. The first-order chi connectivity index (χ1) is 5.18. The van der Waals surface area contributed by atoms with Crippen LogP contribution >= 0.6 is 35.3 Å². The van der Waals surface area contributed by atoms with Gasteiger partial charge >= 0.3 is 95.3 Å². The van der Waals surface area contributed by atoms with E-state index in [2.05, 4.69) is 31.2 Å². The Morgan fingerprint density at radius 3 is 2.27 bits per heavy atom. The molecule has 0 aliphatic carbocycles. The molecule has 66 valence electrons. The average Bonchev–Trinajstić information content (AvgIpc) is 2.66. The summed E-state index contributed by atoms with van der Waals surface area (Å²) in [6.45, 7) is 0.232. The van der Waals surface area contributed by atoms with Gasteiger partial charge in [0, 0.05) is 0 Å². The first-order valence-electron chi connectivity index (χ1n) is 2.32. The van der Waals surface area contributed by atoms with Crippen LogP contribution in [0.3, 0.4) is 0 Å². The van der Waals surface area contributed by atoms with E-state index in [0.717, 1.165) is 0 Å². The molecule has 0 atom stereocenters. The Bertz CT molecular complexity index is 523. The Hall–Kier alpha value is 3.15. The van der Waals surface area contributed by atoms with Crippen LogP contribution in [-0.2, 0) is 60.0 Å². The van der Waals surface area contributed by atoms with Gasteiger partial charge < -0.3 is 0 Å². The van der Waals surface area contributed by atoms with E-state index < -0.39 is 8.51 Å². The molecule has 3 aliphatic rings. The van der Waals surface area contributed by atoms with E-state index in [1.165, 1.54) is 8.88 Å². The Kier molecular flexibility index (Phi) is 2.09. The third-order valence-electron chi connectivity index (χ3n) is 1.41. The number of rotatable bonds is 0. The Labute approximate surface area is 93.5 Å². The molecule has 0 saturated carbocycles. The summed E-state index contributed by atoms with van der Waals surface area (Å²) in [5, 5.41) is 0. The number of hydrogen-bond acceptors (Lipinski definition) is 5. The van der Waals surface area contributed by atoms with E-state index in [4.69, 9.17) is 22.4 Å². The molecule has 0 spiro atoms. The summed E-state index contributed by atoms with van der Waals surface area (Å²) >= 11 is 10.3. The molecule has 3 fully saturated rings. The van der Waals surface area contributed by atoms with Crippen molar-refractivity contribution in [2.24, 2.45) is 0 Å². The van der Waals surface area contributed by atoms with Gasteiger partial charge in [-0.15, -0.1) is 0 Å². The van der Waals surface area contributed by atoms with Crippen LogP contribution in [0, 0.1) is 0 Å². The monoisotopic (exact) mass is 352 g/mol. The van der Waals surface area contributed by atoms with Crippen LogP contribution in [0.4, 0.5) is 0 Å². The molecule has 11 heteroatoms. The summed E-state index contributed by atoms with van der Waals surface area (Å²) in [7, 11) is 11.9. The fourth-order valence-corrected chi connectivity index (χ4v) is 164. The Balaban J connectivity index is 2.63. The van der Waals surface area contributed by atoms with E-state index in [0.29, 0.717) is 0 Å². The molecule has 0 aromatic carbocycles. The molecule has 3 saturated heterocycles. The zero-order chi connectivity index (χ0) is 7.77. The van der Waals surface area contributed by atoms with Crippen LogP contribution in [0.25, 0.3) is 0 Å². The predicted molar refractivity (Wildman–Crippen MR) is 82.6 cm³/mol. The van der Waals surface area contributed by atoms with Crippen molar-refractivity contribution in [2.75, 3.05) is 0 Å². The van der Waals surface area contributed by atoms with E-state index >= 15 is 0 Å². The molecule has 0 radical (unpaired) electrons. The summed E-state index contributed by atoms with van der Waals surface area (Å²) in [5.74, 6) is 0. The van der Waals surface area contributed by atoms with Crippen LogP contribution < -0.4 is 0 Å². The van der Waals surface area contributed by atoms with Crippen molar-refractivity contribution in [1.29, 1.82) is 0 Å². The second-order valence-electron chi connectivity index (χ2n) is 1.90. The summed E-state index contributed by atoms with van der Waals surface area (Å²) in [5.41, 5.74) is 0. The second-order valence-corrected chi connectivity index (χ2v) is 51.3. The van der Waals surface area contributed by atoms with Gasteiger partial charge in [0.15, 0.2) is 0 Å². The topological polar surface area (TPSA) is 0 Å². The molecule has 0 bridgehead atoms. The molecule has 0 N–H and O–H groups in total. The molecule has 0 aromatic rings. The Morgan fingerprint density at radius 1 is 1.36 bits per heavy atom. The van der Waals surface area contributed by atoms with Crippen LogP contribution in [0.5, 0.6) is 0 Å². The molecule has 3 aliphatic heterocycles. The first kappa shape index (κ1) is 9.38. The SMILES string of the molecule is S=S=S=S=S(=S)=S123S[PH]1(S2)S3. The van der Waals surface area contributed by atoms with Gasteiger partial charge in [0.05, 0.1) is 0 Å². The molecule has 0 aromatic heterocycles. The van der Waals surface area contributed by atoms with E-state index in [1.807, 2.05) is 8.88 Å². The van der Waals surface area contributed by atoms with Crippen molar-refractivity contribution in [3.63, 3.8) is 0 Å². The molecule has 0 unspecified atom stereocenters. The minimum absolute atomic E-state index is 0.232. The third-order valence-corrected chi connectivity index (χ3v) is 101. The molecular weight excluding hydrogens is 352 g/mol. The van der Waals surface area contributed by atoms with E-state index in [-0.39, 0.29) is 6.57 Å². The predicted octanol–water partition coefficient (Wildman–Crippen LogP) is 2.52. The molecule has 3 rings (SSSR count). The van der Waals surface area contributed by atoms with Gasteiger partial charge in [-0.3, -0.25) is 0 Å². The van der Waals surface area contributed by atoms with Crippen molar-refractivity contribution in [1.82, 2.24) is 0 Å². The summed E-state index contributed by atoms with van der Waals surface area (Å²) in [4.78, 5) is 0. The maximum atomic E-state index is 5.52. The van der Waals surface area contributed by atoms with Gasteiger partial charge in [-0.2, -0.15) is 0 Å². The maximum absolute atomic E-state index is 5.52. The molecule has 0 amide bonds. The third kappa shape index (κ3) is 0.920. The normalized spacial score (nSPS) is 40.5. The van der Waals surface area contributed by atoms with Crippen molar-refractivity contribution < 1.29 is 0 Å². The summed E-state index contributed by atoms with van der Waals surface area (Å²) < 4.78 is -1.47. The van der Waals surface area contributed by atoms with Crippen molar-refractivity contribution in [3.05, 3.63) is 0 Å². The van der Waals surface area contributed by atoms with Crippen LogP contribution in [0.2, 0.25) is 0 Å². The zero-order valence-corrected chi connectivity index (χ0v) is 13.7.